The van der Waals surface area contributed by atoms with Gasteiger partial charge in [0.1, 0.15) is 21.4 Å². The lowest BCUT2D eigenvalue weighted by molar-refractivity contribution is -0.163. The van der Waals surface area contributed by atoms with E-state index < -0.39 is 5.67 Å². The predicted molar refractivity (Wildman–Crippen MR) is 96.2 cm³/mol. The van der Waals surface area contributed by atoms with Crippen LogP contribution in [0, 0.1) is 0 Å². The van der Waals surface area contributed by atoms with Crippen molar-refractivity contribution < 1.29 is 9.18 Å². The molecule has 3 fully saturated rings. The second kappa shape index (κ2) is 6.33. The van der Waals surface area contributed by atoms with Crippen LogP contribution in [0.1, 0.15) is 24.3 Å². The maximum Gasteiger partial charge on any atom is 0.270 e. The molecule has 0 radical (unpaired) electrons. The summed E-state index contributed by atoms with van der Waals surface area (Å²) in [5, 5.41) is 15.6. The molecule has 3 aliphatic rings. The lowest BCUT2D eigenvalue weighted by Gasteiger charge is -2.65. The molecule has 0 saturated heterocycles. The molecule has 136 valence electrons. The maximum atomic E-state index is 13.5. The summed E-state index contributed by atoms with van der Waals surface area (Å²) < 4.78 is 13.5. The number of hydrogen-bond acceptors (Lipinski definition) is 7. The Labute approximate surface area is 153 Å². The number of benzene rings is 1. The highest BCUT2D eigenvalue weighted by Crippen LogP contribution is 2.62. The van der Waals surface area contributed by atoms with Crippen LogP contribution < -0.4 is 21.9 Å². The molecular weight excluding hydrogens is 355 g/mol. The number of nitrogens with zero attached hydrogens (tertiary/aromatic N) is 2. The molecular formula is C17H19FN6OS. The van der Waals surface area contributed by atoms with Crippen molar-refractivity contribution in [1.29, 1.82) is 0 Å². The van der Waals surface area contributed by atoms with Gasteiger partial charge in [0, 0.05) is 36.6 Å². The first-order valence-corrected chi connectivity index (χ1v) is 9.12. The summed E-state index contributed by atoms with van der Waals surface area (Å²) in [6, 6.07) is 9.73. The van der Waals surface area contributed by atoms with Gasteiger partial charge in [0.25, 0.3) is 5.91 Å². The molecule has 5 rings (SSSR count). The van der Waals surface area contributed by atoms with Crippen LogP contribution in [0.15, 0.2) is 42.2 Å². The molecule has 3 saturated carbocycles. The average molecular weight is 374 g/mol. The van der Waals surface area contributed by atoms with Crippen molar-refractivity contribution >= 4 is 17.2 Å². The van der Waals surface area contributed by atoms with Gasteiger partial charge in [-0.1, -0.05) is 41.7 Å². The van der Waals surface area contributed by atoms with Crippen LogP contribution in [-0.2, 0) is 11.3 Å². The monoisotopic (exact) mass is 374 g/mol. The summed E-state index contributed by atoms with van der Waals surface area (Å²) in [6.45, 7) is 0.251. The first-order valence-electron chi connectivity index (χ1n) is 8.30. The van der Waals surface area contributed by atoms with E-state index >= 15 is 0 Å². The lowest BCUT2D eigenvalue weighted by Crippen LogP contribution is -2.75. The molecule has 9 heteroatoms. The number of carbonyl (C=O) groups is 1. The van der Waals surface area contributed by atoms with Crippen LogP contribution in [0.3, 0.4) is 0 Å². The molecule has 2 bridgehead atoms. The van der Waals surface area contributed by atoms with Gasteiger partial charge < -0.3 is 16.1 Å². The Bertz CT molecular complexity index is 832. The number of hydrogen-bond donors (Lipinski definition) is 4. The van der Waals surface area contributed by atoms with Gasteiger partial charge in [-0.15, -0.1) is 10.2 Å². The molecule has 0 aliphatic heterocycles. The zero-order valence-electron chi connectivity index (χ0n) is 14.0. The Hall–Kier alpha value is -2.52. The average Bonchev–Trinajstić information content (AvgIpc) is 3.07. The second-order valence-corrected chi connectivity index (χ2v) is 7.92. The van der Waals surface area contributed by atoms with Crippen LogP contribution in [0.2, 0.25) is 0 Å². The minimum Gasteiger partial charge on any atom is -0.383 e. The minimum atomic E-state index is -0.992. The smallest absolute Gasteiger partial charge is 0.270 e. The quantitative estimate of drug-likeness (QED) is 0.331. The molecule has 1 heterocycles. The molecule has 2 aromatic rings. The van der Waals surface area contributed by atoms with E-state index in [1.807, 2.05) is 30.3 Å². The molecule has 5 N–H and O–H groups in total. The molecule has 1 aromatic heterocycles. The third kappa shape index (κ3) is 3.15. The maximum absolute atomic E-state index is 13.5. The summed E-state index contributed by atoms with van der Waals surface area (Å²) in [4.78, 5) is 12.2. The van der Waals surface area contributed by atoms with Crippen LogP contribution in [-0.4, -0.2) is 27.3 Å². The van der Waals surface area contributed by atoms with Crippen molar-refractivity contribution in [2.75, 3.05) is 0 Å². The van der Waals surface area contributed by atoms with E-state index in [1.165, 1.54) is 17.5 Å². The van der Waals surface area contributed by atoms with Crippen LogP contribution >= 0.6 is 11.3 Å². The summed E-state index contributed by atoms with van der Waals surface area (Å²) in [7, 11) is 0. The highest BCUT2D eigenvalue weighted by Gasteiger charge is 2.69. The Kier molecular flexibility index (Phi) is 4.12. The fourth-order valence-electron chi connectivity index (χ4n) is 3.49. The van der Waals surface area contributed by atoms with Crippen molar-refractivity contribution in [3.63, 3.8) is 0 Å². The van der Waals surface area contributed by atoms with Gasteiger partial charge in [-0.3, -0.25) is 10.6 Å². The van der Waals surface area contributed by atoms with E-state index in [2.05, 4.69) is 26.3 Å². The SMILES string of the molecule is NN/C(=C\NC12CC(F)(C1)C2)C(=O)NCc1nnc(-c2ccccc2)s1. The van der Waals surface area contributed by atoms with Gasteiger partial charge in [0.15, 0.2) is 0 Å². The number of alkyl halides is 1. The van der Waals surface area contributed by atoms with Gasteiger partial charge in [0.2, 0.25) is 0 Å². The first-order chi connectivity index (χ1) is 12.5. The molecule has 0 unspecified atom stereocenters. The van der Waals surface area contributed by atoms with E-state index in [1.54, 1.807) is 0 Å². The Morgan fingerprint density at radius 1 is 1.27 bits per heavy atom. The summed E-state index contributed by atoms with van der Waals surface area (Å²) in [5.74, 6) is 5.07. The molecule has 3 aliphatic carbocycles. The largest absolute Gasteiger partial charge is 0.383 e. The standard InChI is InChI=1S/C17H19FN6OS/c18-16-8-17(9-16,10-16)21-6-12(22-19)14(25)20-7-13-23-24-15(26-13)11-4-2-1-3-5-11/h1-6,21-22H,7-10,19H2,(H,20,25)/b12-6-. The fraction of sp³-hybridized carbons (Fsp3) is 0.353. The summed E-state index contributed by atoms with van der Waals surface area (Å²) in [6.07, 6.45) is 2.98. The number of hydrazine groups is 1. The van der Waals surface area contributed by atoms with Gasteiger partial charge in [0.05, 0.1) is 6.54 Å². The molecule has 26 heavy (non-hydrogen) atoms. The molecule has 7 nitrogen and oxygen atoms in total. The number of nitrogens with two attached hydrogens (primary N) is 1. The van der Waals surface area contributed by atoms with E-state index in [0.717, 1.165) is 10.6 Å². The number of carbonyl (C=O) groups excluding carboxylic acids is 1. The summed E-state index contributed by atoms with van der Waals surface area (Å²) in [5.41, 5.74) is 2.35. The number of halogens is 1. The van der Waals surface area contributed by atoms with E-state index in [9.17, 15) is 9.18 Å². The minimum absolute atomic E-state index is 0.190. The number of amides is 1. The van der Waals surface area contributed by atoms with Crippen LogP contribution in [0.5, 0.6) is 0 Å². The van der Waals surface area contributed by atoms with Gasteiger partial charge in [-0.2, -0.15) is 0 Å². The third-order valence-corrected chi connectivity index (χ3v) is 5.75. The van der Waals surface area contributed by atoms with Gasteiger partial charge in [-0.05, 0) is 0 Å². The normalized spacial score (nSPS) is 26.5. The first kappa shape index (κ1) is 16.9. The summed E-state index contributed by atoms with van der Waals surface area (Å²) >= 11 is 1.42. The number of nitrogens with one attached hydrogen (secondary N) is 3. The Morgan fingerprint density at radius 2 is 2.00 bits per heavy atom. The van der Waals surface area contributed by atoms with Gasteiger partial charge in [-0.25, -0.2) is 4.39 Å². The molecule has 1 amide bonds. The van der Waals surface area contributed by atoms with Crippen molar-refractivity contribution in [3.05, 3.63) is 47.2 Å². The Balaban J connectivity index is 1.32. The molecule has 1 aromatic carbocycles. The zero-order chi connectivity index (χ0) is 18.2. The highest BCUT2D eigenvalue weighted by molar-refractivity contribution is 7.14. The van der Waals surface area contributed by atoms with Crippen molar-refractivity contribution in [3.8, 4) is 10.6 Å². The second-order valence-electron chi connectivity index (χ2n) is 6.86. The molecule has 0 atom stereocenters. The van der Waals surface area contributed by atoms with Crippen molar-refractivity contribution in [2.45, 2.75) is 37.0 Å². The van der Waals surface area contributed by atoms with Crippen molar-refractivity contribution in [1.82, 2.24) is 26.3 Å². The lowest BCUT2D eigenvalue weighted by atomic mass is 9.47. The van der Waals surface area contributed by atoms with Crippen LogP contribution in [0.4, 0.5) is 4.39 Å². The van der Waals surface area contributed by atoms with E-state index in [4.69, 9.17) is 5.84 Å². The van der Waals surface area contributed by atoms with Gasteiger partial charge >= 0.3 is 0 Å². The Morgan fingerprint density at radius 3 is 2.65 bits per heavy atom. The number of aromatic nitrogens is 2. The van der Waals surface area contributed by atoms with Crippen molar-refractivity contribution in [2.24, 2.45) is 5.84 Å². The number of rotatable bonds is 7. The fourth-order valence-corrected chi connectivity index (χ4v) is 4.27. The van der Waals surface area contributed by atoms with Crippen LogP contribution in [0.25, 0.3) is 10.6 Å². The predicted octanol–water partition coefficient (Wildman–Crippen LogP) is 1.36. The van der Waals surface area contributed by atoms with E-state index in [0.29, 0.717) is 24.3 Å². The highest BCUT2D eigenvalue weighted by atomic mass is 32.1. The third-order valence-electron chi connectivity index (χ3n) is 4.78. The zero-order valence-corrected chi connectivity index (χ0v) is 14.8. The molecule has 0 spiro atoms. The topological polar surface area (TPSA) is 105 Å². The van der Waals surface area contributed by atoms with E-state index in [-0.39, 0.29) is 23.7 Å².